The van der Waals surface area contributed by atoms with E-state index in [1.165, 1.54) is 0 Å². The molecule has 112 valence electrons. The Bertz CT molecular complexity index is 777. The summed E-state index contributed by atoms with van der Waals surface area (Å²) < 4.78 is 0. The molecule has 22 heavy (non-hydrogen) atoms. The summed E-state index contributed by atoms with van der Waals surface area (Å²) in [6, 6.07) is 7.58. The Hall–Kier alpha value is -2.32. The summed E-state index contributed by atoms with van der Waals surface area (Å²) in [6.45, 7) is 1.22. The molecule has 1 saturated heterocycles. The minimum absolute atomic E-state index is 0.307. The van der Waals surface area contributed by atoms with Crippen LogP contribution in [0.1, 0.15) is 18.4 Å². The van der Waals surface area contributed by atoms with Crippen LogP contribution in [0.4, 0.5) is 5.69 Å². The number of aromatic nitrogens is 1. The highest BCUT2D eigenvalue weighted by Gasteiger charge is 2.26. The van der Waals surface area contributed by atoms with Gasteiger partial charge in [-0.1, -0.05) is 11.6 Å². The Morgan fingerprint density at radius 1 is 1.41 bits per heavy atom. The van der Waals surface area contributed by atoms with Gasteiger partial charge in [-0.25, -0.2) is 0 Å². The molecule has 0 atom stereocenters. The Kier molecular flexibility index (Phi) is 3.86. The van der Waals surface area contributed by atoms with Crippen LogP contribution in [-0.4, -0.2) is 29.1 Å². The van der Waals surface area contributed by atoms with Gasteiger partial charge in [-0.2, -0.15) is 5.26 Å². The lowest BCUT2D eigenvalue weighted by Crippen LogP contribution is -2.36. The van der Waals surface area contributed by atoms with E-state index < -0.39 is 5.97 Å². The Labute approximate surface area is 132 Å². The zero-order chi connectivity index (χ0) is 15.7. The van der Waals surface area contributed by atoms with Crippen molar-refractivity contribution in [3.63, 3.8) is 0 Å². The lowest BCUT2D eigenvalue weighted by atomic mass is 9.95. The third-order valence-corrected chi connectivity index (χ3v) is 4.32. The number of halogens is 1. The maximum absolute atomic E-state index is 11.1. The Morgan fingerprint density at radius 3 is 2.77 bits per heavy atom. The number of nitrogens with zero attached hydrogens (tertiary/aromatic N) is 3. The maximum Gasteiger partial charge on any atom is 0.306 e. The number of benzene rings is 1. The fraction of sp³-hybridized carbons (Fsp3) is 0.312. The lowest BCUT2D eigenvalue weighted by Gasteiger charge is -2.33. The van der Waals surface area contributed by atoms with Crippen LogP contribution in [-0.2, 0) is 4.79 Å². The number of carboxylic acid groups (broad SMARTS) is 1. The largest absolute Gasteiger partial charge is 0.481 e. The normalized spacial score (nSPS) is 15.7. The van der Waals surface area contributed by atoms with E-state index in [0.717, 1.165) is 16.6 Å². The number of hydrogen-bond donors (Lipinski definition) is 1. The summed E-state index contributed by atoms with van der Waals surface area (Å²) in [6.07, 6.45) is 2.71. The van der Waals surface area contributed by atoms with Gasteiger partial charge in [0, 0.05) is 29.7 Å². The summed E-state index contributed by atoms with van der Waals surface area (Å²) >= 11 is 6.08. The van der Waals surface area contributed by atoms with Crippen molar-refractivity contribution in [2.24, 2.45) is 5.92 Å². The maximum atomic E-state index is 11.1. The molecular weight excluding hydrogens is 302 g/mol. The van der Waals surface area contributed by atoms with E-state index in [2.05, 4.69) is 16.0 Å². The molecule has 2 aromatic rings. The van der Waals surface area contributed by atoms with E-state index in [1.807, 2.05) is 12.1 Å². The molecule has 6 heteroatoms. The zero-order valence-corrected chi connectivity index (χ0v) is 12.5. The second kappa shape index (κ2) is 5.82. The van der Waals surface area contributed by atoms with Crippen LogP contribution in [0.25, 0.3) is 10.9 Å². The fourth-order valence-electron chi connectivity index (χ4n) is 2.92. The van der Waals surface area contributed by atoms with Gasteiger partial charge in [0.1, 0.15) is 6.07 Å². The van der Waals surface area contributed by atoms with E-state index >= 15 is 0 Å². The third kappa shape index (κ3) is 2.58. The van der Waals surface area contributed by atoms with Crippen molar-refractivity contribution in [3.8, 4) is 6.07 Å². The molecule has 0 radical (unpaired) electrons. The standard InChI is InChI=1S/C16H14ClN3O2/c17-12-1-2-14-13(7-12)15(11(8-18)9-19-14)20-5-3-10(4-6-20)16(21)22/h1-2,7,9-10H,3-6H2,(H,21,22). The summed E-state index contributed by atoms with van der Waals surface area (Å²) in [5, 5.41) is 19.9. The van der Waals surface area contributed by atoms with Gasteiger partial charge in [-0.3, -0.25) is 9.78 Å². The van der Waals surface area contributed by atoms with Crippen molar-refractivity contribution in [2.45, 2.75) is 12.8 Å². The van der Waals surface area contributed by atoms with Crippen LogP contribution in [0, 0.1) is 17.2 Å². The van der Waals surface area contributed by atoms with Crippen molar-refractivity contribution in [3.05, 3.63) is 35.0 Å². The summed E-state index contributed by atoms with van der Waals surface area (Å²) in [5.41, 5.74) is 2.07. The first-order valence-electron chi connectivity index (χ1n) is 7.06. The molecule has 1 aliphatic heterocycles. The minimum atomic E-state index is -0.747. The summed E-state index contributed by atoms with van der Waals surface area (Å²) in [5.74, 6) is -1.05. The molecule has 0 unspecified atom stereocenters. The number of piperidine rings is 1. The molecule has 0 bridgehead atoms. The molecule has 1 fully saturated rings. The second-order valence-corrected chi connectivity index (χ2v) is 5.83. The molecule has 2 heterocycles. The van der Waals surface area contributed by atoms with Crippen LogP contribution in [0.3, 0.4) is 0 Å². The molecule has 1 aromatic carbocycles. The van der Waals surface area contributed by atoms with Gasteiger partial charge < -0.3 is 10.0 Å². The van der Waals surface area contributed by atoms with Crippen LogP contribution >= 0.6 is 11.6 Å². The van der Waals surface area contributed by atoms with Crippen LogP contribution < -0.4 is 4.90 Å². The van der Waals surface area contributed by atoms with Crippen molar-refractivity contribution in [2.75, 3.05) is 18.0 Å². The lowest BCUT2D eigenvalue weighted by molar-refractivity contribution is -0.142. The van der Waals surface area contributed by atoms with E-state index in [4.69, 9.17) is 16.7 Å². The van der Waals surface area contributed by atoms with Crippen LogP contribution in [0.2, 0.25) is 5.02 Å². The van der Waals surface area contributed by atoms with E-state index in [-0.39, 0.29) is 5.92 Å². The molecule has 3 rings (SSSR count). The number of hydrogen-bond acceptors (Lipinski definition) is 4. The van der Waals surface area contributed by atoms with Crippen molar-refractivity contribution in [1.82, 2.24) is 4.98 Å². The van der Waals surface area contributed by atoms with Gasteiger partial charge in [0.05, 0.1) is 22.7 Å². The van der Waals surface area contributed by atoms with Gasteiger partial charge in [-0.15, -0.1) is 0 Å². The van der Waals surface area contributed by atoms with E-state index in [0.29, 0.717) is 36.5 Å². The number of anilines is 1. The van der Waals surface area contributed by atoms with Crippen LogP contribution in [0.5, 0.6) is 0 Å². The van der Waals surface area contributed by atoms with Gasteiger partial charge >= 0.3 is 5.97 Å². The monoisotopic (exact) mass is 315 g/mol. The van der Waals surface area contributed by atoms with Gasteiger partial charge in [0.15, 0.2) is 0 Å². The molecular formula is C16H14ClN3O2. The summed E-state index contributed by atoms with van der Waals surface area (Å²) in [4.78, 5) is 17.4. The number of nitriles is 1. The SMILES string of the molecule is N#Cc1cnc2ccc(Cl)cc2c1N1CCC(C(=O)O)CC1. The Balaban J connectivity index is 2.04. The van der Waals surface area contributed by atoms with E-state index in [1.54, 1.807) is 12.3 Å². The number of carbonyl (C=O) groups is 1. The van der Waals surface area contributed by atoms with Gasteiger partial charge in [-0.05, 0) is 31.0 Å². The average molecular weight is 316 g/mol. The minimum Gasteiger partial charge on any atom is -0.481 e. The first-order valence-corrected chi connectivity index (χ1v) is 7.44. The van der Waals surface area contributed by atoms with Crippen molar-refractivity contribution < 1.29 is 9.90 Å². The number of carboxylic acids is 1. The highest BCUT2D eigenvalue weighted by Crippen LogP contribution is 2.33. The quantitative estimate of drug-likeness (QED) is 0.921. The predicted molar refractivity (Wildman–Crippen MR) is 84.0 cm³/mol. The zero-order valence-electron chi connectivity index (χ0n) is 11.8. The molecule has 1 aliphatic rings. The van der Waals surface area contributed by atoms with Gasteiger partial charge in [0.25, 0.3) is 0 Å². The number of pyridine rings is 1. The molecule has 0 saturated carbocycles. The first-order chi connectivity index (χ1) is 10.6. The first kappa shape index (κ1) is 14.6. The molecule has 1 N–H and O–H groups in total. The fourth-order valence-corrected chi connectivity index (χ4v) is 3.10. The smallest absolute Gasteiger partial charge is 0.306 e. The average Bonchev–Trinajstić information content (AvgIpc) is 2.53. The third-order valence-electron chi connectivity index (χ3n) is 4.08. The number of fused-ring (bicyclic) bond motifs is 1. The molecule has 0 amide bonds. The second-order valence-electron chi connectivity index (χ2n) is 5.39. The van der Waals surface area contributed by atoms with Gasteiger partial charge in [0.2, 0.25) is 0 Å². The topological polar surface area (TPSA) is 77.2 Å². The number of aliphatic carboxylic acids is 1. The highest BCUT2D eigenvalue weighted by molar-refractivity contribution is 6.31. The van der Waals surface area contributed by atoms with E-state index in [9.17, 15) is 10.1 Å². The molecule has 0 aliphatic carbocycles. The van der Waals surface area contributed by atoms with Crippen molar-refractivity contribution >= 4 is 34.2 Å². The predicted octanol–water partition coefficient (Wildman–Crippen LogP) is 3.06. The molecule has 0 spiro atoms. The molecule has 1 aromatic heterocycles. The van der Waals surface area contributed by atoms with Crippen LogP contribution in [0.15, 0.2) is 24.4 Å². The molecule has 5 nitrogen and oxygen atoms in total. The van der Waals surface area contributed by atoms with Crippen molar-refractivity contribution in [1.29, 1.82) is 5.26 Å². The summed E-state index contributed by atoms with van der Waals surface area (Å²) in [7, 11) is 0. The highest BCUT2D eigenvalue weighted by atomic mass is 35.5. The Morgan fingerprint density at radius 2 is 2.14 bits per heavy atom. The number of rotatable bonds is 2.